The van der Waals surface area contributed by atoms with Gasteiger partial charge in [0.25, 0.3) is 17.5 Å². The van der Waals surface area contributed by atoms with Crippen LogP contribution in [-0.2, 0) is 4.79 Å². The predicted molar refractivity (Wildman–Crippen MR) is 108 cm³/mol. The van der Waals surface area contributed by atoms with E-state index in [2.05, 4.69) is 0 Å². The van der Waals surface area contributed by atoms with Crippen molar-refractivity contribution in [3.63, 3.8) is 0 Å². The smallest absolute Gasteiger partial charge is 0.349 e. The van der Waals surface area contributed by atoms with Gasteiger partial charge in [0.1, 0.15) is 11.5 Å². The molecule has 9 heteroatoms. The molecule has 1 heterocycles. The van der Waals surface area contributed by atoms with E-state index in [4.69, 9.17) is 9.47 Å². The number of hydrogen-bond donors (Lipinski definition) is 0. The van der Waals surface area contributed by atoms with Crippen LogP contribution in [0.25, 0.3) is 0 Å². The highest BCUT2D eigenvalue weighted by molar-refractivity contribution is 6.34. The summed E-state index contributed by atoms with van der Waals surface area (Å²) in [6.07, 6.45) is 0. The van der Waals surface area contributed by atoms with Crippen molar-refractivity contribution in [1.29, 1.82) is 0 Å². The molecule has 0 aromatic heterocycles. The lowest BCUT2D eigenvalue weighted by Crippen LogP contribution is -2.29. The average molecular weight is 418 g/mol. The molecule has 0 saturated heterocycles. The second-order valence-corrected chi connectivity index (χ2v) is 6.50. The molecule has 0 fully saturated rings. The van der Waals surface area contributed by atoms with Crippen LogP contribution in [0.4, 0.5) is 11.4 Å². The lowest BCUT2D eigenvalue weighted by Gasteiger charge is -2.14. The number of nitrogens with zero attached hydrogens (tertiary/aromatic N) is 2. The van der Waals surface area contributed by atoms with E-state index in [1.807, 2.05) is 0 Å². The van der Waals surface area contributed by atoms with Gasteiger partial charge in [0.05, 0.1) is 21.7 Å². The van der Waals surface area contributed by atoms with Crippen molar-refractivity contribution in [2.24, 2.45) is 0 Å². The van der Waals surface area contributed by atoms with Crippen LogP contribution in [0, 0.1) is 10.1 Å². The van der Waals surface area contributed by atoms with Crippen LogP contribution in [0.3, 0.4) is 0 Å². The Labute approximate surface area is 175 Å². The van der Waals surface area contributed by atoms with E-state index >= 15 is 0 Å². The molecule has 0 radical (unpaired) electrons. The summed E-state index contributed by atoms with van der Waals surface area (Å²) in [5.41, 5.74) is 0.944. The molecule has 31 heavy (non-hydrogen) atoms. The van der Waals surface area contributed by atoms with Gasteiger partial charge in [-0.2, -0.15) is 0 Å². The van der Waals surface area contributed by atoms with Crippen LogP contribution in [0.1, 0.15) is 20.7 Å². The Hall–Kier alpha value is -4.53. The van der Waals surface area contributed by atoms with Crippen molar-refractivity contribution in [2.45, 2.75) is 0 Å². The molecule has 0 atom stereocenters. The minimum absolute atomic E-state index is 0.0897. The largest absolute Gasteiger partial charge is 0.482 e. The van der Waals surface area contributed by atoms with E-state index in [1.165, 1.54) is 48.5 Å². The Bertz CT molecular complexity index is 1150. The third-order valence-electron chi connectivity index (χ3n) is 4.52. The number of hydrogen-bond acceptors (Lipinski definition) is 7. The fraction of sp³-hybridized carbons (Fsp3) is 0.0455. The Kier molecular flexibility index (Phi) is 5.15. The summed E-state index contributed by atoms with van der Waals surface area (Å²) in [5, 5.41) is 10.6. The van der Waals surface area contributed by atoms with Gasteiger partial charge in [-0.15, -0.1) is 0 Å². The molecule has 4 rings (SSSR count). The minimum Gasteiger partial charge on any atom is -0.482 e. The summed E-state index contributed by atoms with van der Waals surface area (Å²) in [7, 11) is 0. The highest BCUT2D eigenvalue weighted by atomic mass is 16.6. The number of rotatable bonds is 6. The van der Waals surface area contributed by atoms with Crippen molar-refractivity contribution in [1.82, 2.24) is 0 Å². The number of anilines is 1. The monoisotopic (exact) mass is 418 g/mol. The number of esters is 1. The zero-order valence-corrected chi connectivity index (χ0v) is 15.9. The minimum atomic E-state index is -0.688. The number of amides is 2. The van der Waals surface area contributed by atoms with Gasteiger partial charge in [0, 0.05) is 12.1 Å². The van der Waals surface area contributed by atoms with Crippen LogP contribution in [0.15, 0.2) is 72.8 Å². The molecule has 154 valence electrons. The van der Waals surface area contributed by atoms with E-state index in [0.29, 0.717) is 16.8 Å². The molecule has 3 aromatic carbocycles. The maximum Gasteiger partial charge on any atom is 0.349 e. The van der Waals surface area contributed by atoms with E-state index in [0.717, 1.165) is 4.90 Å². The first kappa shape index (κ1) is 19.8. The number of nitro groups is 1. The fourth-order valence-electron chi connectivity index (χ4n) is 3.05. The Morgan fingerprint density at radius 2 is 1.39 bits per heavy atom. The fourth-order valence-corrected chi connectivity index (χ4v) is 3.05. The topological polar surface area (TPSA) is 116 Å². The molecule has 0 unspecified atom stereocenters. The predicted octanol–water partition coefficient (Wildman–Crippen LogP) is 3.38. The number of carbonyl (C=O) groups excluding carboxylic acids is 3. The Morgan fingerprint density at radius 1 is 0.839 bits per heavy atom. The highest BCUT2D eigenvalue weighted by Gasteiger charge is 2.36. The number of benzene rings is 3. The third-order valence-corrected chi connectivity index (χ3v) is 4.52. The summed E-state index contributed by atoms with van der Waals surface area (Å²) in [6.45, 7) is -0.405. The van der Waals surface area contributed by atoms with Crippen LogP contribution in [-0.4, -0.2) is 29.3 Å². The average Bonchev–Trinajstić information content (AvgIpc) is 3.04. The van der Waals surface area contributed by atoms with Gasteiger partial charge in [0.15, 0.2) is 6.61 Å². The van der Waals surface area contributed by atoms with E-state index in [-0.39, 0.29) is 17.2 Å². The van der Waals surface area contributed by atoms with Crippen LogP contribution < -0.4 is 14.4 Å². The third kappa shape index (κ3) is 3.97. The first-order valence-corrected chi connectivity index (χ1v) is 9.10. The number of non-ortho nitro benzene ring substituents is 1. The lowest BCUT2D eigenvalue weighted by molar-refractivity contribution is -0.384. The van der Waals surface area contributed by atoms with Gasteiger partial charge in [-0.05, 0) is 48.5 Å². The lowest BCUT2D eigenvalue weighted by atomic mass is 10.1. The van der Waals surface area contributed by atoms with Gasteiger partial charge < -0.3 is 9.47 Å². The molecule has 0 bridgehead atoms. The number of fused-ring (bicyclic) bond motifs is 1. The molecule has 2 amide bonds. The summed E-state index contributed by atoms with van der Waals surface area (Å²) < 4.78 is 10.4. The highest BCUT2D eigenvalue weighted by Crippen LogP contribution is 2.29. The van der Waals surface area contributed by atoms with Crippen molar-refractivity contribution in [2.75, 3.05) is 11.5 Å². The zero-order valence-electron chi connectivity index (χ0n) is 15.9. The summed E-state index contributed by atoms with van der Waals surface area (Å²) in [5.74, 6) is -1.03. The van der Waals surface area contributed by atoms with Crippen molar-refractivity contribution < 1.29 is 28.8 Å². The Balaban J connectivity index is 1.36. The first-order chi connectivity index (χ1) is 14.9. The van der Waals surface area contributed by atoms with Crippen LogP contribution in [0.5, 0.6) is 11.5 Å². The van der Waals surface area contributed by atoms with Crippen molar-refractivity contribution in [3.8, 4) is 11.5 Å². The molecule has 0 spiro atoms. The van der Waals surface area contributed by atoms with Crippen molar-refractivity contribution >= 4 is 29.2 Å². The molecule has 0 aliphatic carbocycles. The van der Waals surface area contributed by atoms with Crippen LogP contribution >= 0.6 is 0 Å². The zero-order chi connectivity index (χ0) is 22.0. The van der Waals surface area contributed by atoms with E-state index in [9.17, 15) is 24.5 Å². The standard InChI is InChI=1S/C22H14N2O7/c25-20(13-30-16-9-7-15(8-10-16)24(28)29)31-17-11-5-14(6-12-17)23-21(26)18-3-1-2-4-19(18)22(23)27/h1-12H,13H2. The number of imide groups is 1. The van der Waals surface area contributed by atoms with Crippen LogP contribution in [0.2, 0.25) is 0 Å². The molecular formula is C22H14N2O7. The van der Waals surface area contributed by atoms with Gasteiger partial charge >= 0.3 is 5.97 Å². The Morgan fingerprint density at radius 3 is 1.94 bits per heavy atom. The first-order valence-electron chi connectivity index (χ1n) is 9.10. The normalized spacial score (nSPS) is 12.5. The second kappa shape index (κ2) is 8.07. The van der Waals surface area contributed by atoms with Gasteiger partial charge in [0.2, 0.25) is 0 Å². The molecule has 1 aliphatic rings. The number of carbonyl (C=O) groups is 3. The number of nitro benzene ring substituents is 1. The van der Waals surface area contributed by atoms with E-state index in [1.54, 1.807) is 24.3 Å². The summed E-state index contributed by atoms with van der Waals surface area (Å²) in [4.78, 5) is 48.2. The van der Waals surface area contributed by atoms with Gasteiger partial charge in [-0.1, -0.05) is 12.1 Å². The number of ether oxygens (including phenoxy) is 2. The molecule has 0 saturated carbocycles. The quantitative estimate of drug-likeness (QED) is 0.198. The summed E-state index contributed by atoms with van der Waals surface area (Å²) in [6, 6.07) is 17.8. The molecule has 9 nitrogen and oxygen atoms in total. The molecule has 1 aliphatic heterocycles. The maximum absolute atomic E-state index is 12.5. The maximum atomic E-state index is 12.5. The SMILES string of the molecule is O=C(COc1ccc([N+](=O)[O-])cc1)Oc1ccc(N2C(=O)c3ccccc3C2=O)cc1. The van der Waals surface area contributed by atoms with Gasteiger partial charge in [-0.3, -0.25) is 19.7 Å². The summed E-state index contributed by atoms with van der Waals surface area (Å²) >= 11 is 0. The molecular weight excluding hydrogens is 404 g/mol. The van der Waals surface area contributed by atoms with Crippen molar-refractivity contribution in [3.05, 3.63) is 94.0 Å². The molecule has 0 N–H and O–H groups in total. The van der Waals surface area contributed by atoms with Gasteiger partial charge in [-0.25, -0.2) is 9.69 Å². The second-order valence-electron chi connectivity index (χ2n) is 6.50. The molecule has 3 aromatic rings. The van der Waals surface area contributed by atoms with E-state index < -0.39 is 29.3 Å².